The molecule has 0 aromatic heterocycles. The minimum absolute atomic E-state index is 0.0376. The summed E-state index contributed by atoms with van der Waals surface area (Å²) in [6, 6.07) is 0.0376. The highest BCUT2D eigenvalue weighted by Crippen LogP contribution is 2.29. The fourth-order valence-electron chi connectivity index (χ4n) is 1.43. The molecule has 3 heteroatoms. The van der Waals surface area contributed by atoms with Gasteiger partial charge in [0.2, 0.25) is 0 Å². The van der Waals surface area contributed by atoms with Gasteiger partial charge in [0.25, 0.3) is 0 Å². The monoisotopic (exact) mass is 184 g/mol. The van der Waals surface area contributed by atoms with Crippen LogP contribution in [0.2, 0.25) is 0 Å². The van der Waals surface area contributed by atoms with Crippen molar-refractivity contribution in [2.75, 3.05) is 5.75 Å². The highest BCUT2D eigenvalue weighted by Gasteiger charge is 2.16. The molecule has 0 aromatic carbocycles. The van der Waals surface area contributed by atoms with E-state index in [4.69, 9.17) is 12.3 Å². The molecule has 0 heterocycles. The lowest BCUT2D eigenvalue weighted by Gasteiger charge is -2.12. The van der Waals surface area contributed by atoms with Crippen molar-refractivity contribution in [2.24, 2.45) is 5.84 Å². The van der Waals surface area contributed by atoms with E-state index in [-0.39, 0.29) is 6.04 Å². The summed E-state index contributed by atoms with van der Waals surface area (Å²) < 4.78 is 0. The van der Waals surface area contributed by atoms with Crippen LogP contribution in [-0.4, -0.2) is 17.0 Å². The Morgan fingerprint density at radius 1 is 1.58 bits per heavy atom. The van der Waals surface area contributed by atoms with E-state index in [9.17, 15) is 0 Å². The van der Waals surface area contributed by atoms with Crippen molar-refractivity contribution in [3.8, 4) is 12.3 Å². The lowest BCUT2D eigenvalue weighted by atomic mass is 10.4. The fraction of sp³-hybridized carbons (Fsp3) is 0.778. The average molecular weight is 184 g/mol. The van der Waals surface area contributed by atoms with E-state index in [2.05, 4.69) is 11.3 Å². The second kappa shape index (κ2) is 5.47. The maximum Gasteiger partial charge on any atom is 0.0905 e. The van der Waals surface area contributed by atoms with Gasteiger partial charge in [-0.15, -0.1) is 6.42 Å². The van der Waals surface area contributed by atoms with E-state index in [1.807, 2.05) is 11.8 Å². The molecule has 68 valence electrons. The maximum atomic E-state index is 5.26. The van der Waals surface area contributed by atoms with Crippen LogP contribution in [0.25, 0.3) is 0 Å². The number of nitrogens with one attached hydrogen (secondary N) is 1. The van der Waals surface area contributed by atoms with E-state index in [1.54, 1.807) is 0 Å². The number of rotatable bonds is 4. The van der Waals surface area contributed by atoms with Crippen molar-refractivity contribution in [1.29, 1.82) is 0 Å². The molecule has 1 unspecified atom stereocenters. The van der Waals surface area contributed by atoms with Crippen LogP contribution in [0.3, 0.4) is 0 Å². The maximum absolute atomic E-state index is 5.26. The predicted octanol–water partition coefficient (Wildman–Crippen LogP) is 1.13. The van der Waals surface area contributed by atoms with Crippen molar-refractivity contribution in [1.82, 2.24) is 5.43 Å². The molecule has 1 saturated carbocycles. The summed E-state index contributed by atoms with van der Waals surface area (Å²) in [7, 11) is 0. The van der Waals surface area contributed by atoms with Gasteiger partial charge in [-0.3, -0.25) is 5.84 Å². The average Bonchev–Trinajstić information content (AvgIpc) is 2.59. The van der Waals surface area contributed by atoms with Crippen molar-refractivity contribution >= 4 is 11.8 Å². The number of hydrazine groups is 1. The Bertz CT molecular complexity index is 158. The van der Waals surface area contributed by atoms with Crippen molar-refractivity contribution in [2.45, 2.75) is 37.0 Å². The normalized spacial score (nSPS) is 20.7. The van der Waals surface area contributed by atoms with Crippen LogP contribution in [-0.2, 0) is 0 Å². The third-order valence-corrected chi connectivity index (χ3v) is 3.67. The second-order valence-corrected chi connectivity index (χ2v) is 4.46. The van der Waals surface area contributed by atoms with E-state index < -0.39 is 0 Å². The van der Waals surface area contributed by atoms with Crippen molar-refractivity contribution < 1.29 is 0 Å². The quantitative estimate of drug-likeness (QED) is 0.391. The minimum atomic E-state index is 0.0376. The number of hydrogen-bond acceptors (Lipinski definition) is 3. The van der Waals surface area contributed by atoms with Crippen LogP contribution in [0, 0.1) is 12.3 Å². The zero-order valence-corrected chi connectivity index (χ0v) is 8.07. The van der Waals surface area contributed by atoms with Crippen molar-refractivity contribution in [3.05, 3.63) is 0 Å². The van der Waals surface area contributed by atoms with Crippen LogP contribution in [0.1, 0.15) is 25.7 Å². The summed E-state index contributed by atoms with van der Waals surface area (Å²) >= 11 is 1.96. The van der Waals surface area contributed by atoms with Crippen LogP contribution >= 0.6 is 11.8 Å². The molecule has 0 aromatic rings. The Kier molecular flexibility index (Phi) is 4.52. The summed E-state index contributed by atoms with van der Waals surface area (Å²) in [5.41, 5.74) is 2.62. The Hall–Kier alpha value is -0.170. The van der Waals surface area contributed by atoms with Gasteiger partial charge in [-0.05, 0) is 12.8 Å². The van der Waals surface area contributed by atoms with Crippen LogP contribution < -0.4 is 11.3 Å². The zero-order valence-electron chi connectivity index (χ0n) is 7.25. The molecule has 0 spiro atoms. The molecule has 2 nitrogen and oxygen atoms in total. The molecule has 1 rings (SSSR count). The Balaban J connectivity index is 2.11. The highest BCUT2D eigenvalue weighted by molar-refractivity contribution is 7.99. The first-order chi connectivity index (χ1) is 5.86. The van der Waals surface area contributed by atoms with E-state index in [0.29, 0.717) is 0 Å². The molecule has 0 bridgehead atoms. The van der Waals surface area contributed by atoms with Gasteiger partial charge in [-0.1, -0.05) is 18.8 Å². The zero-order chi connectivity index (χ0) is 8.81. The Labute approximate surface area is 78.6 Å². The Morgan fingerprint density at radius 3 is 2.75 bits per heavy atom. The largest absolute Gasteiger partial charge is 0.270 e. The van der Waals surface area contributed by atoms with Gasteiger partial charge in [0, 0.05) is 11.0 Å². The fourth-order valence-corrected chi connectivity index (χ4v) is 2.76. The smallest absolute Gasteiger partial charge is 0.0905 e. The van der Waals surface area contributed by atoms with E-state index in [0.717, 1.165) is 11.0 Å². The van der Waals surface area contributed by atoms with Gasteiger partial charge in [-0.25, -0.2) is 5.43 Å². The molecule has 1 fully saturated rings. The molecular formula is C9H16N2S. The van der Waals surface area contributed by atoms with Gasteiger partial charge < -0.3 is 0 Å². The standard InChI is InChI=1S/C9H16N2S/c1-2-8(11-10)7-12-9-5-3-4-6-9/h1,8-9,11H,3-7,10H2. The van der Waals surface area contributed by atoms with Gasteiger partial charge in [-0.2, -0.15) is 11.8 Å². The molecule has 0 amide bonds. The SMILES string of the molecule is C#CC(CSC1CCCC1)NN. The highest BCUT2D eigenvalue weighted by atomic mass is 32.2. The summed E-state index contributed by atoms with van der Waals surface area (Å²) in [6.45, 7) is 0. The van der Waals surface area contributed by atoms with Crippen LogP contribution in [0.15, 0.2) is 0 Å². The molecule has 1 aliphatic carbocycles. The van der Waals surface area contributed by atoms with Gasteiger partial charge in [0.15, 0.2) is 0 Å². The molecular weight excluding hydrogens is 168 g/mol. The third kappa shape index (κ3) is 3.06. The first kappa shape index (κ1) is 9.91. The van der Waals surface area contributed by atoms with Crippen molar-refractivity contribution in [3.63, 3.8) is 0 Å². The first-order valence-electron chi connectivity index (χ1n) is 4.40. The number of thioether (sulfide) groups is 1. The van der Waals surface area contributed by atoms with Gasteiger partial charge in [0.1, 0.15) is 0 Å². The first-order valence-corrected chi connectivity index (χ1v) is 5.45. The molecule has 1 atom stereocenters. The number of terminal acetylenes is 1. The lowest BCUT2D eigenvalue weighted by Crippen LogP contribution is -2.36. The van der Waals surface area contributed by atoms with E-state index >= 15 is 0 Å². The number of nitrogens with two attached hydrogens (primary N) is 1. The second-order valence-electron chi connectivity index (χ2n) is 3.13. The van der Waals surface area contributed by atoms with Gasteiger partial charge >= 0.3 is 0 Å². The van der Waals surface area contributed by atoms with Crippen LogP contribution in [0.4, 0.5) is 0 Å². The topological polar surface area (TPSA) is 38.0 Å². The molecule has 0 saturated heterocycles. The summed E-state index contributed by atoms with van der Waals surface area (Å²) in [6.07, 6.45) is 10.7. The summed E-state index contributed by atoms with van der Waals surface area (Å²) in [5.74, 6) is 8.82. The summed E-state index contributed by atoms with van der Waals surface area (Å²) in [5, 5.41) is 0.828. The minimum Gasteiger partial charge on any atom is -0.270 e. The lowest BCUT2D eigenvalue weighted by molar-refractivity contribution is 0.692. The molecule has 0 aliphatic heterocycles. The molecule has 12 heavy (non-hydrogen) atoms. The van der Waals surface area contributed by atoms with Crippen LogP contribution in [0.5, 0.6) is 0 Å². The summed E-state index contributed by atoms with van der Waals surface area (Å²) in [4.78, 5) is 0. The number of hydrogen-bond donors (Lipinski definition) is 2. The predicted molar refractivity (Wildman–Crippen MR) is 54.7 cm³/mol. The molecule has 1 aliphatic rings. The van der Waals surface area contributed by atoms with Gasteiger partial charge in [0.05, 0.1) is 6.04 Å². The van der Waals surface area contributed by atoms with E-state index in [1.165, 1.54) is 25.7 Å². The molecule has 3 N–H and O–H groups in total. The Morgan fingerprint density at radius 2 is 2.25 bits per heavy atom. The molecule has 0 radical (unpaired) electrons. The third-order valence-electron chi connectivity index (χ3n) is 2.20.